The molecule has 3 N–H and O–H groups in total. The zero-order valence-electron chi connectivity index (χ0n) is 9.63. The molecule has 0 amide bonds. The van der Waals surface area contributed by atoms with Crippen molar-refractivity contribution >= 4 is 11.6 Å². The van der Waals surface area contributed by atoms with Crippen molar-refractivity contribution in [2.45, 2.75) is 32.7 Å². The summed E-state index contributed by atoms with van der Waals surface area (Å²) in [5, 5.41) is 0.141. The molecule has 1 rings (SSSR count). The number of halogens is 2. The molecule has 2 nitrogen and oxygen atoms in total. The Morgan fingerprint density at radius 2 is 2.06 bits per heavy atom. The molecule has 0 aliphatic carbocycles. The van der Waals surface area contributed by atoms with Crippen LogP contribution in [0.25, 0.3) is 0 Å². The zero-order valence-corrected chi connectivity index (χ0v) is 10.4. The fourth-order valence-corrected chi connectivity index (χ4v) is 1.76. The van der Waals surface area contributed by atoms with Gasteiger partial charge in [-0.15, -0.1) is 0 Å². The van der Waals surface area contributed by atoms with E-state index in [2.05, 4.69) is 19.3 Å². The first kappa shape index (κ1) is 13.4. The molecule has 0 heterocycles. The van der Waals surface area contributed by atoms with Gasteiger partial charge in [0.05, 0.1) is 5.02 Å². The van der Waals surface area contributed by atoms with E-state index in [0.717, 1.165) is 18.4 Å². The lowest BCUT2D eigenvalue weighted by Gasteiger charge is -2.17. The molecule has 0 spiro atoms. The minimum Gasteiger partial charge on any atom is -0.271 e. The molecular weight excluding hydrogens is 227 g/mol. The molecule has 16 heavy (non-hydrogen) atoms. The van der Waals surface area contributed by atoms with Crippen LogP contribution in [0.3, 0.4) is 0 Å². The van der Waals surface area contributed by atoms with Gasteiger partial charge in [-0.25, -0.2) is 4.39 Å². The number of hydrogen-bond donors (Lipinski definition) is 2. The summed E-state index contributed by atoms with van der Waals surface area (Å²) in [6.07, 6.45) is 1.97. The number of hydrogen-bond acceptors (Lipinski definition) is 2. The van der Waals surface area contributed by atoms with Gasteiger partial charge in [0.1, 0.15) is 5.82 Å². The fourth-order valence-electron chi connectivity index (χ4n) is 1.58. The maximum Gasteiger partial charge on any atom is 0.141 e. The lowest BCUT2D eigenvalue weighted by molar-refractivity contribution is 0.448. The molecule has 0 aliphatic rings. The smallest absolute Gasteiger partial charge is 0.141 e. The second-order valence-electron chi connectivity index (χ2n) is 4.36. The molecule has 0 saturated carbocycles. The van der Waals surface area contributed by atoms with E-state index in [4.69, 9.17) is 17.4 Å². The Labute approximate surface area is 101 Å². The van der Waals surface area contributed by atoms with Crippen LogP contribution in [0, 0.1) is 11.7 Å². The first-order chi connectivity index (χ1) is 7.54. The van der Waals surface area contributed by atoms with Crippen molar-refractivity contribution in [1.29, 1.82) is 0 Å². The molecule has 0 radical (unpaired) electrons. The van der Waals surface area contributed by atoms with Gasteiger partial charge in [0.15, 0.2) is 0 Å². The second kappa shape index (κ2) is 6.18. The minimum absolute atomic E-state index is 0.0282. The predicted octanol–water partition coefficient (Wildman–Crippen LogP) is 3.42. The summed E-state index contributed by atoms with van der Waals surface area (Å²) in [5.74, 6) is 5.71. The van der Waals surface area contributed by atoms with Crippen LogP contribution in [-0.2, 0) is 0 Å². The van der Waals surface area contributed by atoms with E-state index >= 15 is 0 Å². The van der Waals surface area contributed by atoms with E-state index in [0.29, 0.717) is 5.92 Å². The first-order valence-corrected chi connectivity index (χ1v) is 5.83. The van der Waals surface area contributed by atoms with Crippen molar-refractivity contribution in [2.24, 2.45) is 11.8 Å². The fraction of sp³-hybridized carbons (Fsp3) is 0.500. The van der Waals surface area contributed by atoms with Gasteiger partial charge in [0.2, 0.25) is 0 Å². The Morgan fingerprint density at radius 3 is 2.56 bits per heavy atom. The molecule has 1 atom stereocenters. The lowest BCUT2D eigenvalue weighted by atomic mass is 9.98. The molecule has 1 aromatic carbocycles. The van der Waals surface area contributed by atoms with Gasteiger partial charge in [-0.2, -0.15) is 0 Å². The number of benzene rings is 1. The van der Waals surface area contributed by atoms with Gasteiger partial charge in [-0.1, -0.05) is 31.5 Å². The van der Waals surface area contributed by atoms with Crippen molar-refractivity contribution < 1.29 is 4.39 Å². The van der Waals surface area contributed by atoms with E-state index in [-0.39, 0.29) is 11.1 Å². The van der Waals surface area contributed by atoms with E-state index in [9.17, 15) is 4.39 Å². The largest absolute Gasteiger partial charge is 0.271 e. The average Bonchev–Trinajstić information content (AvgIpc) is 2.23. The monoisotopic (exact) mass is 244 g/mol. The third-order valence-corrected chi connectivity index (χ3v) is 2.87. The molecule has 90 valence electrons. The summed E-state index contributed by atoms with van der Waals surface area (Å²) in [6.45, 7) is 4.32. The van der Waals surface area contributed by atoms with Crippen LogP contribution in [0.15, 0.2) is 18.2 Å². The highest BCUT2D eigenvalue weighted by Gasteiger charge is 2.12. The van der Waals surface area contributed by atoms with Crippen molar-refractivity contribution in [1.82, 2.24) is 5.43 Å². The molecule has 4 heteroatoms. The molecule has 0 saturated heterocycles. The van der Waals surface area contributed by atoms with Gasteiger partial charge in [-0.3, -0.25) is 11.3 Å². The van der Waals surface area contributed by atoms with Crippen LogP contribution in [0.4, 0.5) is 4.39 Å². The standard InChI is InChI=1S/C12H18ClFN2/c1-8(2)3-6-12(16-15)9-4-5-11(14)10(13)7-9/h4-5,7-8,12,16H,3,6,15H2,1-2H3. The quantitative estimate of drug-likeness (QED) is 0.615. The molecular formula is C12H18ClFN2. The van der Waals surface area contributed by atoms with Gasteiger partial charge >= 0.3 is 0 Å². The molecule has 0 aliphatic heterocycles. The highest BCUT2D eigenvalue weighted by molar-refractivity contribution is 6.30. The third kappa shape index (κ3) is 3.74. The highest BCUT2D eigenvalue weighted by atomic mass is 35.5. The van der Waals surface area contributed by atoms with Crippen molar-refractivity contribution in [3.8, 4) is 0 Å². The van der Waals surface area contributed by atoms with Gasteiger partial charge < -0.3 is 0 Å². The van der Waals surface area contributed by atoms with Gasteiger partial charge in [-0.05, 0) is 36.5 Å². The maximum atomic E-state index is 13.0. The summed E-state index contributed by atoms with van der Waals surface area (Å²) in [6, 6.07) is 4.74. The van der Waals surface area contributed by atoms with Crippen LogP contribution in [0.1, 0.15) is 38.3 Å². The van der Waals surface area contributed by atoms with Crippen LogP contribution in [0.2, 0.25) is 5.02 Å². The summed E-state index contributed by atoms with van der Waals surface area (Å²) >= 11 is 5.73. The van der Waals surface area contributed by atoms with Crippen LogP contribution in [-0.4, -0.2) is 0 Å². The third-order valence-electron chi connectivity index (χ3n) is 2.58. The first-order valence-electron chi connectivity index (χ1n) is 5.45. The summed E-state index contributed by atoms with van der Waals surface area (Å²) in [5.41, 5.74) is 3.66. The van der Waals surface area contributed by atoms with Crippen LogP contribution in [0.5, 0.6) is 0 Å². The Hall–Kier alpha value is -0.640. The van der Waals surface area contributed by atoms with Crippen molar-refractivity contribution in [3.05, 3.63) is 34.6 Å². The van der Waals surface area contributed by atoms with Crippen LogP contribution >= 0.6 is 11.6 Å². The number of rotatable bonds is 5. The molecule has 1 unspecified atom stereocenters. The Kier molecular flexibility index (Phi) is 5.19. The van der Waals surface area contributed by atoms with E-state index in [1.165, 1.54) is 6.07 Å². The molecule has 1 aromatic rings. The predicted molar refractivity (Wildman–Crippen MR) is 65.5 cm³/mol. The molecule has 0 fully saturated rings. The lowest BCUT2D eigenvalue weighted by Crippen LogP contribution is -2.28. The number of hydrazine groups is 1. The molecule has 0 aromatic heterocycles. The molecule has 0 bridgehead atoms. The highest BCUT2D eigenvalue weighted by Crippen LogP contribution is 2.24. The Balaban J connectivity index is 2.74. The topological polar surface area (TPSA) is 38.0 Å². The van der Waals surface area contributed by atoms with E-state index in [1.807, 2.05) is 0 Å². The number of nitrogens with two attached hydrogens (primary N) is 1. The summed E-state index contributed by atoms with van der Waals surface area (Å²) in [4.78, 5) is 0. The van der Waals surface area contributed by atoms with Crippen LogP contribution < -0.4 is 11.3 Å². The van der Waals surface area contributed by atoms with E-state index < -0.39 is 5.82 Å². The Morgan fingerprint density at radius 1 is 1.38 bits per heavy atom. The average molecular weight is 245 g/mol. The van der Waals surface area contributed by atoms with E-state index in [1.54, 1.807) is 12.1 Å². The van der Waals surface area contributed by atoms with Crippen molar-refractivity contribution in [3.63, 3.8) is 0 Å². The maximum absolute atomic E-state index is 13.0. The number of nitrogens with one attached hydrogen (secondary N) is 1. The van der Waals surface area contributed by atoms with Crippen molar-refractivity contribution in [2.75, 3.05) is 0 Å². The summed E-state index contributed by atoms with van der Waals surface area (Å²) in [7, 11) is 0. The van der Waals surface area contributed by atoms with Gasteiger partial charge in [0, 0.05) is 6.04 Å². The minimum atomic E-state index is -0.398. The zero-order chi connectivity index (χ0) is 12.1. The summed E-state index contributed by atoms with van der Waals surface area (Å²) < 4.78 is 13.0. The SMILES string of the molecule is CC(C)CCC(NN)c1ccc(F)c(Cl)c1. The van der Waals surface area contributed by atoms with Gasteiger partial charge in [0.25, 0.3) is 0 Å². The normalized spacial score (nSPS) is 13.1. The second-order valence-corrected chi connectivity index (χ2v) is 4.77. The Bertz CT molecular complexity index is 342.